The zero-order valence-electron chi connectivity index (χ0n) is 11.2. The monoisotopic (exact) mass is 298 g/mol. The lowest BCUT2D eigenvalue weighted by molar-refractivity contribution is -0.125. The SMILES string of the molecule is CC(NC(=O)C1CCOC1)c1cccc(S(N)(=O)=O)c1. The van der Waals surface area contributed by atoms with E-state index < -0.39 is 10.0 Å². The van der Waals surface area contributed by atoms with Gasteiger partial charge in [-0.1, -0.05) is 12.1 Å². The van der Waals surface area contributed by atoms with Crippen LogP contribution in [0, 0.1) is 5.92 Å². The molecule has 2 rings (SSSR count). The minimum absolute atomic E-state index is 0.0419. The van der Waals surface area contributed by atoms with Crippen LogP contribution < -0.4 is 10.5 Å². The third-order valence-corrected chi connectivity index (χ3v) is 4.26. The second-order valence-electron chi connectivity index (χ2n) is 4.91. The molecule has 1 aliphatic rings. The van der Waals surface area contributed by atoms with Crippen molar-refractivity contribution < 1.29 is 17.9 Å². The smallest absolute Gasteiger partial charge is 0.238 e. The molecular formula is C13H18N2O4S. The molecule has 1 aromatic rings. The Balaban J connectivity index is 2.09. The van der Waals surface area contributed by atoms with Crippen molar-refractivity contribution in [3.63, 3.8) is 0 Å². The van der Waals surface area contributed by atoms with Crippen LogP contribution in [0.3, 0.4) is 0 Å². The summed E-state index contributed by atoms with van der Waals surface area (Å²) in [6.45, 7) is 2.85. The predicted molar refractivity (Wildman–Crippen MR) is 73.3 cm³/mol. The van der Waals surface area contributed by atoms with Gasteiger partial charge in [0, 0.05) is 6.61 Å². The van der Waals surface area contributed by atoms with Crippen molar-refractivity contribution in [3.05, 3.63) is 29.8 Å². The van der Waals surface area contributed by atoms with E-state index in [1.807, 2.05) is 0 Å². The first kappa shape index (κ1) is 15.0. The zero-order chi connectivity index (χ0) is 14.8. The molecule has 2 atom stereocenters. The first-order valence-corrected chi connectivity index (χ1v) is 7.93. The summed E-state index contributed by atoms with van der Waals surface area (Å²) in [5.74, 6) is -0.199. The first-order chi connectivity index (χ1) is 9.38. The van der Waals surface area contributed by atoms with Crippen molar-refractivity contribution in [1.82, 2.24) is 5.32 Å². The number of primary sulfonamides is 1. The Bertz CT molecular complexity index is 594. The summed E-state index contributed by atoms with van der Waals surface area (Å²) in [5, 5.41) is 7.96. The highest BCUT2D eigenvalue weighted by atomic mass is 32.2. The van der Waals surface area contributed by atoms with Gasteiger partial charge in [0.2, 0.25) is 15.9 Å². The van der Waals surface area contributed by atoms with Crippen LogP contribution in [0.5, 0.6) is 0 Å². The number of sulfonamides is 1. The summed E-state index contributed by atoms with van der Waals surface area (Å²) in [5.41, 5.74) is 0.698. The minimum atomic E-state index is -3.74. The van der Waals surface area contributed by atoms with Gasteiger partial charge in [0.05, 0.1) is 23.5 Å². The Morgan fingerprint density at radius 3 is 2.85 bits per heavy atom. The van der Waals surface area contributed by atoms with Crippen molar-refractivity contribution in [2.75, 3.05) is 13.2 Å². The van der Waals surface area contributed by atoms with Gasteiger partial charge in [0.15, 0.2) is 0 Å². The van der Waals surface area contributed by atoms with E-state index in [1.54, 1.807) is 19.1 Å². The second-order valence-corrected chi connectivity index (χ2v) is 6.47. The predicted octanol–water partition coefficient (Wildman–Crippen LogP) is 0.548. The summed E-state index contributed by atoms with van der Waals surface area (Å²) in [6.07, 6.45) is 0.718. The number of benzene rings is 1. The van der Waals surface area contributed by atoms with Gasteiger partial charge in [-0.2, -0.15) is 0 Å². The van der Waals surface area contributed by atoms with E-state index in [0.29, 0.717) is 18.8 Å². The molecule has 20 heavy (non-hydrogen) atoms. The van der Waals surface area contributed by atoms with E-state index in [2.05, 4.69) is 5.32 Å². The topological polar surface area (TPSA) is 98.5 Å². The molecule has 1 fully saturated rings. The lowest BCUT2D eigenvalue weighted by atomic mass is 10.1. The molecule has 1 aromatic carbocycles. The number of rotatable bonds is 4. The summed E-state index contributed by atoms with van der Waals surface area (Å²) in [6, 6.07) is 5.98. The van der Waals surface area contributed by atoms with Crippen molar-refractivity contribution in [1.29, 1.82) is 0 Å². The third kappa shape index (κ3) is 3.56. The van der Waals surface area contributed by atoms with Gasteiger partial charge in [0.25, 0.3) is 0 Å². The fraction of sp³-hybridized carbons (Fsp3) is 0.462. The van der Waals surface area contributed by atoms with Gasteiger partial charge in [0.1, 0.15) is 0 Å². The number of amides is 1. The molecule has 1 aliphatic heterocycles. The highest BCUT2D eigenvalue weighted by molar-refractivity contribution is 7.89. The van der Waals surface area contributed by atoms with Crippen LogP contribution in [-0.4, -0.2) is 27.5 Å². The molecule has 0 aliphatic carbocycles. The fourth-order valence-electron chi connectivity index (χ4n) is 2.12. The standard InChI is InChI=1S/C13H18N2O4S/c1-9(15-13(16)11-5-6-19-8-11)10-3-2-4-12(7-10)20(14,17)18/h2-4,7,9,11H,5-6,8H2,1H3,(H,15,16)(H2,14,17,18). The Morgan fingerprint density at radius 1 is 1.50 bits per heavy atom. The number of carbonyl (C=O) groups excluding carboxylic acids is 1. The average Bonchev–Trinajstić information content (AvgIpc) is 2.91. The van der Waals surface area contributed by atoms with Crippen molar-refractivity contribution in [2.45, 2.75) is 24.3 Å². The van der Waals surface area contributed by atoms with Gasteiger partial charge in [-0.15, -0.1) is 0 Å². The number of ether oxygens (including phenoxy) is 1. The normalized spacial score (nSPS) is 20.6. The molecule has 0 bridgehead atoms. The van der Waals surface area contributed by atoms with E-state index >= 15 is 0 Å². The van der Waals surface area contributed by atoms with Gasteiger partial charge in [-0.3, -0.25) is 4.79 Å². The highest BCUT2D eigenvalue weighted by Gasteiger charge is 2.24. The molecule has 3 N–H and O–H groups in total. The zero-order valence-corrected chi connectivity index (χ0v) is 12.0. The number of carbonyl (C=O) groups is 1. The highest BCUT2D eigenvalue weighted by Crippen LogP contribution is 2.19. The van der Waals surface area contributed by atoms with E-state index in [9.17, 15) is 13.2 Å². The lowest BCUT2D eigenvalue weighted by Gasteiger charge is -2.17. The lowest BCUT2D eigenvalue weighted by Crippen LogP contribution is -2.33. The van der Waals surface area contributed by atoms with Gasteiger partial charge >= 0.3 is 0 Å². The summed E-state index contributed by atoms with van der Waals surface area (Å²) < 4.78 is 27.8. The maximum absolute atomic E-state index is 12.0. The molecule has 2 unspecified atom stereocenters. The third-order valence-electron chi connectivity index (χ3n) is 3.35. The molecule has 1 saturated heterocycles. The van der Waals surface area contributed by atoms with Crippen molar-refractivity contribution in [2.24, 2.45) is 11.1 Å². The van der Waals surface area contributed by atoms with Crippen molar-refractivity contribution >= 4 is 15.9 Å². The van der Waals surface area contributed by atoms with Gasteiger partial charge in [-0.05, 0) is 31.0 Å². The molecule has 0 aromatic heterocycles. The maximum Gasteiger partial charge on any atom is 0.238 e. The van der Waals surface area contributed by atoms with Crippen LogP contribution >= 0.6 is 0 Å². The van der Waals surface area contributed by atoms with E-state index in [0.717, 1.165) is 6.42 Å². The molecule has 1 heterocycles. The number of hydrogen-bond acceptors (Lipinski definition) is 4. The Kier molecular flexibility index (Phi) is 4.42. The van der Waals surface area contributed by atoms with Gasteiger partial charge in [-0.25, -0.2) is 13.6 Å². The molecule has 6 nitrogen and oxygen atoms in total. The van der Waals surface area contributed by atoms with Crippen LogP contribution in [0.2, 0.25) is 0 Å². The summed E-state index contributed by atoms with van der Waals surface area (Å²) in [4.78, 5) is 12.0. The van der Waals surface area contributed by atoms with Crippen LogP contribution in [0.15, 0.2) is 29.2 Å². The second kappa shape index (κ2) is 5.90. The molecule has 0 saturated carbocycles. The molecule has 7 heteroatoms. The Morgan fingerprint density at radius 2 is 2.25 bits per heavy atom. The Labute approximate surface area is 118 Å². The maximum atomic E-state index is 12.0. The molecule has 0 spiro atoms. The van der Waals surface area contributed by atoms with Crippen LogP contribution in [-0.2, 0) is 19.6 Å². The van der Waals surface area contributed by atoms with Gasteiger partial charge < -0.3 is 10.1 Å². The fourth-order valence-corrected chi connectivity index (χ4v) is 2.69. The average molecular weight is 298 g/mol. The van der Waals surface area contributed by atoms with Crippen LogP contribution in [0.1, 0.15) is 24.9 Å². The molecular weight excluding hydrogens is 280 g/mol. The van der Waals surface area contributed by atoms with Crippen LogP contribution in [0.25, 0.3) is 0 Å². The van der Waals surface area contributed by atoms with Crippen molar-refractivity contribution in [3.8, 4) is 0 Å². The summed E-state index contributed by atoms with van der Waals surface area (Å²) >= 11 is 0. The minimum Gasteiger partial charge on any atom is -0.381 e. The molecule has 1 amide bonds. The number of hydrogen-bond donors (Lipinski definition) is 2. The van der Waals surface area contributed by atoms with E-state index in [4.69, 9.17) is 9.88 Å². The summed E-state index contributed by atoms with van der Waals surface area (Å²) in [7, 11) is -3.74. The van der Waals surface area contributed by atoms with E-state index in [1.165, 1.54) is 12.1 Å². The largest absolute Gasteiger partial charge is 0.381 e. The first-order valence-electron chi connectivity index (χ1n) is 6.39. The quantitative estimate of drug-likeness (QED) is 0.848. The van der Waals surface area contributed by atoms with E-state index in [-0.39, 0.29) is 22.8 Å². The van der Waals surface area contributed by atoms with Crippen LogP contribution in [0.4, 0.5) is 0 Å². The number of nitrogens with one attached hydrogen (secondary N) is 1. The molecule has 110 valence electrons. The number of nitrogens with two attached hydrogens (primary N) is 1. The Hall–Kier alpha value is -1.44. The molecule has 0 radical (unpaired) electrons.